The van der Waals surface area contributed by atoms with E-state index in [1.165, 1.54) is 18.4 Å². The number of rotatable bonds is 5. The Hall–Kier alpha value is -2.06. The molecule has 1 atom stereocenters. The van der Waals surface area contributed by atoms with Gasteiger partial charge in [0, 0.05) is 31.3 Å². The molecule has 0 aromatic carbocycles. The molecule has 1 fully saturated rings. The van der Waals surface area contributed by atoms with Crippen LogP contribution in [0, 0.1) is 6.92 Å². The zero-order chi connectivity index (χ0) is 16.2. The second-order valence-electron chi connectivity index (χ2n) is 5.37. The van der Waals surface area contributed by atoms with Crippen molar-refractivity contribution in [3.05, 3.63) is 29.2 Å². The summed E-state index contributed by atoms with van der Waals surface area (Å²) < 4.78 is 4.97. The van der Waals surface area contributed by atoms with Crippen molar-refractivity contribution in [3.63, 3.8) is 0 Å². The molecule has 2 aromatic rings. The molecule has 0 spiro atoms. The van der Waals surface area contributed by atoms with Crippen molar-refractivity contribution in [2.24, 2.45) is 0 Å². The first-order valence-electron chi connectivity index (χ1n) is 7.48. The van der Waals surface area contributed by atoms with Gasteiger partial charge < -0.3 is 15.0 Å². The number of nitrogens with zero attached hydrogens (tertiary/aromatic N) is 4. The maximum absolute atomic E-state index is 12.2. The number of nitrogens with one attached hydrogen (secondary N) is 1. The molecule has 122 valence electrons. The minimum atomic E-state index is -0.0174. The number of likely N-dealkylation sites (tertiary alicyclic amines) is 1. The molecule has 1 unspecified atom stereocenters. The van der Waals surface area contributed by atoms with Gasteiger partial charge in [-0.25, -0.2) is 15.0 Å². The number of methoxy groups -OCH3 is 1. The summed E-state index contributed by atoms with van der Waals surface area (Å²) in [6, 6.07) is 1.88. The molecule has 0 saturated carbocycles. The van der Waals surface area contributed by atoms with E-state index in [2.05, 4.69) is 20.3 Å². The van der Waals surface area contributed by atoms with E-state index in [0.29, 0.717) is 11.6 Å². The monoisotopic (exact) mass is 333 g/mol. The lowest BCUT2D eigenvalue weighted by Crippen LogP contribution is -2.33. The Morgan fingerprint density at radius 2 is 2.39 bits per heavy atom. The molecule has 1 amide bonds. The van der Waals surface area contributed by atoms with Gasteiger partial charge in [0.2, 0.25) is 5.91 Å². The molecule has 0 aliphatic carbocycles. The molecule has 3 heterocycles. The predicted octanol–water partition coefficient (Wildman–Crippen LogP) is 2.30. The molecule has 8 heteroatoms. The zero-order valence-corrected chi connectivity index (χ0v) is 14.0. The Morgan fingerprint density at radius 1 is 1.52 bits per heavy atom. The van der Waals surface area contributed by atoms with E-state index in [0.717, 1.165) is 30.2 Å². The third-order valence-corrected chi connectivity index (χ3v) is 4.40. The molecule has 0 radical (unpaired) electrons. The van der Waals surface area contributed by atoms with Crippen LogP contribution >= 0.6 is 11.3 Å². The zero-order valence-electron chi connectivity index (χ0n) is 13.2. The second kappa shape index (κ2) is 7.01. The Morgan fingerprint density at radius 3 is 3.13 bits per heavy atom. The van der Waals surface area contributed by atoms with E-state index < -0.39 is 0 Å². The van der Waals surface area contributed by atoms with Gasteiger partial charge in [-0.2, -0.15) is 0 Å². The molecule has 2 aromatic heterocycles. The molecule has 0 bridgehead atoms. The van der Waals surface area contributed by atoms with Crippen molar-refractivity contribution in [1.82, 2.24) is 19.9 Å². The normalized spacial score (nSPS) is 17.5. The fourth-order valence-electron chi connectivity index (χ4n) is 2.80. The molecular weight excluding hydrogens is 314 g/mol. The first kappa shape index (κ1) is 15.8. The van der Waals surface area contributed by atoms with Crippen molar-refractivity contribution < 1.29 is 9.53 Å². The van der Waals surface area contributed by atoms with Crippen LogP contribution in [-0.2, 0) is 9.53 Å². The topological polar surface area (TPSA) is 80.2 Å². The summed E-state index contributed by atoms with van der Waals surface area (Å²) in [6.07, 6.45) is 3.62. The lowest BCUT2D eigenvalue weighted by atomic mass is 10.1. The largest absolute Gasteiger partial charge is 0.375 e. The van der Waals surface area contributed by atoms with Gasteiger partial charge in [0.1, 0.15) is 18.2 Å². The number of aromatic nitrogens is 3. The average Bonchev–Trinajstić information content (AvgIpc) is 3.17. The van der Waals surface area contributed by atoms with Crippen molar-refractivity contribution in [2.45, 2.75) is 25.8 Å². The van der Waals surface area contributed by atoms with Gasteiger partial charge >= 0.3 is 0 Å². The number of aryl methyl sites for hydroxylation is 1. The quantitative estimate of drug-likeness (QED) is 0.904. The van der Waals surface area contributed by atoms with Gasteiger partial charge in [0.05, 0.1) is 11.7 Å². The third-order valence-electron chi connectivity index (χ3n) is 3.71. The molecule has 1 saturated heterocycles. The highest BCUT2D eigenvalue weighted by molar-refractivity contribution is 7.13. The van der Waals surface area contributed by atoms with Crippen LogP contribution < -0.4 is 5.32 Å². The number of hydrogen-bond donors (Lipinski definition) is 1. The average molecular weight is 333 g/mol. The highest BCUT2D eigenvalue weighted by Gasteiger charge is 2.31. The number of ether oxygens (including phenoxy) is 1. The Balaban J connectivity index is 1.84. The van der Waals surface area contributed by atoms with Crippen LogP contribution in [0.15, 0.2) is 17.6 Å². The molecule has 3 rings (SSSR count). The van der Waals surface area contributed by atoms with E-state index in [1.807, 2.05) is 23.3 Å². The first-order valence-corrected chi connectivity index (χ1v) is 8.36. The Kier molecular flexibility index (Phi) is 4.82. The summed E-state index contributed by atoms with van der Waals surface area (Å²) in [5, 5.41) is 5.87. The van der Waals surface area contributed by atoms with E-state index in [1.54, 1.807) is 6.20 Å². The van der Waals surface area contributed by atoms with Crippen molar-refractivity contribution in [3.8, 4) is 0 Å². The summed E-state index contributed by atoms with van der Waals surface area (Å²) in [7, 11) is 1.54. The van der Waals surface area contributed by atoms with E-state index >= 15 is 0 Å². The highest BCUT2D eigenvalue weighted by atomic mass is 32.1. The standard InChI is InChI=1S/C15H19N5O2S/c1-10-17-11(8-13(18-10)19-15-16-5-7-23-15)12-4-3-6-20(12)14(21)9-22-2/h5,7-8,12H,3-4,6,9H2,1-2H3,(H,16,17,18,19). The van der Waals surface area contributed by atoms with Crippen LogP contribution in [0.2, 0.25) is 0 Å². The van der Waals surface area contributed by atoms with Crippen molar-refractivity contribution >= 4 is 28.2 Å². The minimum Gasteiger partial charge on any atom is -0.375 e. The molecule has 1 N–H and O–H groups in total. The van der Waals surface area contributed by atoms with Crippen molar-refractivity contribution in [2.75, 3.05) is 25.6 Å². The smallest absolute Gasteiger partial charge is 0.249 e. The van der Waals surface area contributed by atoms with Gasteiger partial charge in [-0.05, 0) is 19.8 Å². The maximum atomic E-state index is 12.2. The Labute approximate surface area is 138 Å². The number of anilines is 2. The van der Waals surface area contributed by atoms with Gasteiger partial charge in [0.25, 0.3) is 0 Å². The van der Waals surface area contributed by atoms with Gasteiger partial charge in [-0.3, -0.25) is 4.79 Å². The highest BCUT2D eigenvalue weighted by Crippen LogP contribution is 2.32. The fourth-order valence-corrected chi connectivity index (χ4v) is 3.34. The van der Waals surface area contributed by atoms with E-state index in [-0.39, 0.29) is 18.6 Å². The van der Waals surface area contributed by atoms with Crippen LogP contribution in [0.4, 0.5) is 10.9 Å². The predicted molar refractivity (Wildman–Crippen MR) is 87.7 cm³/mol. The summed E-state index contributed by atoms with van der Waals surface area (Å²) in [5.74, 6) is 1.38. The van der Waals surface area contributed by atoms with Crippen LogP contribution in [0.1, 0.15) is 30.4 Å². The Bertz CT molecular complexity index is 677. The number of hydrogen-bond acceptors (Lipinski definition) is 7. The fraction of sp³-hybridized carbons (Fsp3) is 0.467. The molecule has 7 nitrogen and oxygen atoms in total. The van der Waals surface area contributed by atoms with Crippen LogP contribution in [0.25, 0.3) is 0 Å². The summed E-state index contributed by atoms with van der Waals surface area (Å²) in [5.41, 5.74) is 0.860. The number of carbonyl (C=O) groups is 1. The molecule has 23 heavy (non-hydrogen) atoms. The summed E-state index contributed by atoms with van der Waals surface area (Å²) in [6.45, 7) is 2.70. The second-order valence-corrected chi connectivity index (χ2v) is 6.26. The van der Waals surface area contributed by atoms with Crippen LogP contribution in [-0.4, -0.2) is 46.0 Å². The molecular formula is C15H19N5O2S. The summed E-state index contributed by atoms with van der Waals surface area (Å²) >= 11 is 1.51. The first-order chi connectivity index (χ1) is 11.2. The van der Waals surface area contributed by atoms with Gasteiger partial charge in [-0.15, -0.1) is 11.3 Å². The molecule has 1 aliphatic heterocycles. The number of amides is 1. The minimum absolute atomic E-state index is 0.000646. The van der Waals surface area contributed by atoms with Gasteiger partial charge in [0.15, 0.2) is 5.13 Å². The van der Waals surface area contributed by atoms with E-state index in [9.17, 15) is 4.79 Å². The SMILES string of the molecule is COCC(=O)N1CCCC1c1cc(Nc2nccs2)nc(C)n1. The van der Waals surface area contributed by atoms with Crippen LogP contribution in [0.3, 0.4) is 0 Å². The van der Waals surface area contributed by atoms with Crippen LogP contribution in [0.5, 0.6) is 0 Å². The summed E-state index contributed by atoms with van der Waals surface area (Å²) in [4.78, 5) is 27.2. The van der Waals surface area contributed by atoms with Crippen molar-refractivity contribution in [1.29, 1.82) is 0 Å². The maximum Gasteiger partial charge on any atom is 0.249 e. The molecule has 1 aliphatic rings. The van der Waals surface area contributed by atoms with Gasteiger partial charge in [-0.1, -0.05) is 0 Å². The number of thiazole rings is 1. The van der Waals surface area contributed by atoms with E-state index in [4.69, 9.17) is 4.74 Å². The lowest BCUT2D eigenvalue weighted by Gasteiger charge is -2.24. The third kappa shape index (κ3) is 3.65. The lowest BCUT2D eigenvalue weighted by molar-refractivity contribution is -0.136. The number of carbonyl (C=O) groups excluding carboxylic acids is 1.